The maximum atomic E-state index is 12.8. The molecule has 1 saturated heterocycles. The normalized spacial score (nSPS) is 20.5. The van der Waals surface area contributed by atoms with Gasteiger partial charge in [0.15, 0.2) is 18.1 Å². The SMILES string of the molecule is CC1(C)Cc2cccc(OCC(=O)N3CCCC3c3ccccc3)c2O1. The highest BCUT2D eigenvalue weighted by molar-refractivity contribution is 5.78. The lowest BCUT2D eigenvalue weighted by molar-refractivity contribution is -0.134. The monoisotopic (exact) mass is 351 g/mol. The fraction of sp³-hybridized carbons (Fsp3) is 0.409. The van der Waals surface area contributed by atoms with E-state index in [0.29, 0.717) is 5.75 Å². The Balaban J connectivity index is 1.45. The molecular formula is C22H25NO3. The Morgan fingerprint density at radius 2 is 2.00 bits per heavy atom. The smallest absolute Gasteiger partial charge is 0.261 e. The summed E-state index contributed by atoms with van der Waals surface area (Å²) in [5.74, 6) is 1.48. The summed E-state index contributed by atoms with van der Waals surface area (Å²) in [6, 6.07) is 16.3. The third kappa shape index (κ3) is 3.28. The zero-order chi connectivity index (χ0) is 18.1. The highest BCUT2D eigenvalue weighted by Crippen LogP contribution is 2.41. The minimum atomic E-state index is -0.223. The summed E-state index contributed by atoms with van der Waals surface area (Å²) in [5, 5.41) is 0. The Kier molecular flexibility index (Phi) is 4.35. The van der Waals surface area contributed by atoms with E-state index in [0.717, 1.165) is 37.1 Å². The molecule has 2 aliphatic heterocycles. The van der Waals surface area contributed by atoms with Gasteiger partial charge in [0.05, 0.1) is 6.04 Å². The van der Waals surface area contributed by atoms with Crippen LogP contribution < -0.4 is 9.47 Å². The number of para-hydroxylation sites is 1. The molecule has 4 heteroatoms. The van der Waals surface area contributed by atoms with Crippen molar-refractivity contribution in [3.8, 4) is 11.5 Å². The third-order valence-electron chi connectivity index (χ3n) is 5.16. The summed E-state index contributed by atoms with van der Waals surface area (Å²) < 4.78 is 11.9. The summed E-state index contributed by atoms with van der Waals surface area (Å²) in [6.45, 7) is 4.97. The Bertz CT molecular complexity index is 800. The maximum Gasteiger partial charge on any atom is 0.261 e. The minimum Gasteiger partial charge on any atom is -0.483 e. The van der Waals surface area contributed by atoms with E-state index in [1.54, 1.807) is 0 Å². The number of rotatable bonds is 4. The van der Waals surface area contributed by atoms with Gasteiger partial charge in [0.2, 0.25) is 0 Å². The summed E-state index contributed by atoms with van der Waals surface area (Å²) in [6.07, 6.45) is 2.90. The van der Waals surface area contributed by atoms with Crippen molar-refractivity contribution >= 4 is 5.91 Å². The van der Waals surface area contributed by atoms with Crippen molar-refractivity contribution in [2.45, 2.75) is 44.8 Å². The van der Waals surface area contributed by atoms with Crippen LogP contribution in [0.1, 0.15) is 43.9 Å². The molecule has 2 aromatic rings. The molecule has 0 saturated carbocycles. The van der Waals surface area contributed by atoms with Crippen molar-refractivity contribution < 1.29 is 14.3 Å². The fourth-order valence-corrected chi connectivity index (χ4v) is 4.01. The average molecular weight is 351 g/mol. The molecule has 0 radical (unpaired) electrons. The second kappa shape index (κ2) is 6.67. The molecule has 1 unspecified atom stereocenters. The largest absolute Gasteiger partial charge is 0.483 e. The number of fused-ring (bicyclic) bond motifs is 1. The van der Waals surface area contributed by atoms with E-state index in [2.05, 4.69) is 32.0 Å². The van der Waals surface area contributed by atoms with Crippen LogP contribution in [0.2, 0.25) is 0 Å². The third-order valence-corrected chi connectivity index (χ3v) is 5.16. The molecular weight excluding hydrogens is 326 g/mol. The van der Waals surface area contributed by atoms with Crippen molar-refractivity contribution in [3.63, 3.8) is 0 Å². The lowest BCUT2D eigenvalue weighted by Gasteiger charge is -2.25. The molecule has 0 bridgehead atoms. The van der Waals surface area contributed by atoms with Gasteiger partial charge in [-0.05, 0) is 38.3 Å². The van der Waals surface area contributed by atoms with Gasteiger partial charge in [-0.2, -0.15) is 0 Å². The molecule has 4 rings (SSSR count). The van der Waals surface area contributed by atoms with Gasteiger partial charge in [0.1, 0.15) is 5.60 Å². The van der Waals surface area contributed by atoms with Gasteiger partial charge >= 0.3 is 0 Å². The zero-order valence-corrected chi connectivity index (χ0v) is 15.4. The van der Waals surface area contributed by atoms with Crippen LogP contribution in [-0.2, 0) is 11.2 Å². The van der Waals surface area contributed by atoms with Gasteiger partial charge in [0.25, 0.3) is 5.91 Å². The summed E-state index contributed by atoms with van der Waals surface area (Å²) >= 11 is 0. The van der Waals surface area contributed by atoms with Crippen LogP contribution in [0.25, 0.3) is 0 Å². The number of nitrogens with zero attached hydrogens (tertiary/aromatic N) is 1. The zero-order valence-electron chi connectivity index (χ0n) is 15.4. The first-order chi connectivity index (χ1) is 12.5. The molecule has 2 aliphatic rings. The Morgan fingerprint density at radius 1 is 1.19 bits per heavy atom. The fourth-order valence-electron chi connectivity index (χ4n) is 4.01. The molecule has 4 nitrogen and oxygen atoms in total. The number of benzene rings is 2. The average Bonchev–Trinajstić information content (AvgIpc) is 3.23. The van der Waals surface area contributed by atoms with E-state index in [4.69, 9.17) is 9.47 Å². The quantitative estimate of drug-likeness (QED) is 0.831. The van der Waals surface area contributed by atoms with E-state index >= 15 is 0 Å². The lowest BCUT2D eigenvalue weighted by Crippen LogP contribution is -2.34. The van der Waals surface area contributed by atoms with E-state index in [-0.39, 0.29) is 24.2 Å². The number of ether oxygens (including phenoxy) is 2. The van der Waals surface area contributed by atoms with Crippen LogP contribution in [0, 0.1) is 0 Å². The predicted molar refractivity (Wildman–Crippen MR) is 100 cm³/mol. The molecule has 2 heterocycles. The van der Waals surface area contributed by atoms with Gasteiger partial charge in [-0.25, -0.2) is 0 Å². The van der Waals surface area contributed by atoms with Crippen molar-refractivity contribution in [1.29, 1.82) is 0 Å². The molecule has 2 aromatic carbocycles. The number of hydrogen-bond donors (Lipinski definition) is 0. The van der Waals surface area contributed by atoms with E-state index in [1.807, 2.05) is 35.2 Å². The van der Waals surface area contributed by atoms with E-state index in [1.165, 1.54) is 5.56 Å². The second-order valence-corrected chi connectivity index (χ2v) is 7.73. The molecule has 0 N–H and O–H groups in total. The van der Waals surface area contributed by atoms with Crippen LogP contribution in [0.3, 0.4) is 0 Å². The number of carbonyl (C=O) groups is 1. The van der Waals surface area contributed by atoms with Crippen LogP contribution in [0.5, 0.6) is 11.5 Å². The Labute approximate surface area is 154 Å². The predicted octanol–water partition coefficient (Wildman–Crippen LogP) is 4.14. The van der Waals surface area contributed by atoms with Crippen molar-refractivity contribution in [2.75, 3.05) is 13.2 Å². The molecule has 136 valence electrons. The van der Waals surface area contributed by atoms with Crippen molar-refractivity contribution in [1.82, 2.24) is 4.90 Å². The lowest BCUT2D eigenvalue weighted by atomic mass is 10.0. The van der Waals surface area contributed by atoms with Gasteiger partial charge in [-0.15, -0.1) is 0 Å². The summed E-state index contributed by atoms with van der Waals surface area (Å²) in [4.78, 5) is 14.7. The molecule has 1 amide bonds. The Hall–Kier alpha value is -2.49. The number of carbonyl (C=O) groups excluding carboxylic acids is 1. The molecule has 0 aromatic heterocycles. The van der Waals surface area contributed by atoms with Gasteiger partial charge in [-0.3, -0.25) is 4.79 Å². The van der Waals surface area contributed by atoms with E-state index < -0.39 is 0 Å². The maximum absolute atomic E-state index is 12.8. The van der Waals surface area contributed by atoms with E-state index in [9.17, 15) is 4.79 Å². The molecule has 1 fully saturated rings. The minimum absolute atomic E-state index is 0.0335. The number of hydrogen-bond acceptors (Lipinski definition) is 3. The number of likely N-dealkylation sites (tertiary alicyclic amines) is 1. The van der Waals surface area contributed by atoms with Crippen LogP contribution in [-0.4, -0.2) is 29.6 Å². The molecule has 0 aliphatic carbocycles. The van der Waals surface area contributed by atoms with Gasteiger partial charge in [-0.1, -0.05) is 42.5 Å². The highest BCUT2D eigenvalue weighted by atomic mass is 16.5. The Morgan fingerprint density at radius 3 is 2.81 bits per heavy atom. The topological polar surface area (TPSA) is 38.8 Å². The first-order valence-corrected chi connectivity index (χ1v) is 9.32. The molecule has 1 atom stereocenters. The van der Waals surface area contributed by atoms with Crippen molar-refractivity contribution in [3.05, 3.63) is 59.7 Å². The van der Waals surface area contributed by atoms with Gasteiger partial charge in [0, 0.05) is 18.5 Å². The standard InChI is InChI=1S/C22H25NO3/c1-22(2)14-17-10-6-12-19(21(17)26-22)25-15-20(24)23-13-7-11-18(23)16-8-4-3-5-9-16/h3-6,8-10,12,18H,7,11,13-15H2,1-2H3. The van der Waals surface area contributed by atoms with Crippen LogP contribution in [0.4, 0.5) is 0 Å². The summed E-state index contributed by atoms with van der Waals surface area (Å²) in [7, 11) is 0. The second-order valence-electron chi connectivity index (χ2n) is 7.73. The van der Waals surface area contributed by atoms with Crippen molar-refractivity contribution in [2.24, 2.45) is 0 Å². The van der Waals surface area contributed by atoms with Gasteiger partial charge < -0.3 is 14.4 Å². The first kappa shape index (κ1) is 17.0. The molecule has 0 spiro atoms. The molecule has 26 heavy (non-hydrogen) atoms. The van der Waals surface area contributed by atoms with Crippen LogP contribution >= 0.6 is 0 Å². The summed E-state index contributed by atoms with van der Waals surface area (Å²) in [5.41, 5.74) is 2.12. The first-order valence-electron chi connectivity index (χ1n) is 9.32. The number of amides is 1. The van der Waals surface area contributed by atoms with Crippen LogP contribution in [0.15, 0.2) is 48.5 Å². The highest BCUT2D eigenvalue weighted by Gasteiger charge is 2.33.